The Labute approximate surface area is 161 Å². The van der Waals surface area contributed by atoms with E-state index in [0.717, 1.165) is 83.2 Å². The van der Waals surface area contributed by atoms with E-state index in [1.165, 1.54) is 11.4 Å². The summed E-state index contributed by atoms with van der Waals surface area (Å²) in [5.41, 5.74) is 1.13. The van der Waals surface area contributed by atoms with Crippen LogP contribution >= 0.6 is 11.3 Å². The first kappa shape index (κ1) is 21.1. The lowest BCUT2D eigenvalue weighted by atomic mass is 10.2. The Morgan fingerprint density at radius 2 is 2.31 bits per heavy atom. The minimum Gasteiger partial charge on any atom is -0.379 e. The van der Waals surface area contributed by atoms with Crippen LogP contribution in [-0.2, 0) is 15.9 Å². The van der Waals surface area contributed by atoms with Gasteiger partial charge in [0.2, 0.25) is 0 Å². The normalized spacial score (nSPS) is 17.6. The van der Waals surface area contributed by atoms with Gasteiger partial charge in [0.15, 0.2) is 5.96 Å². The standard InChI is InChI=1S/C19H34N4O2S/c1-3-20-19(21-10-5-4-9-18-23-16(2)15-26-18)22-11-7-12-24-14-17-8-6-13-25-17/h15,17H,3-14H2,1-2H3,(H2,20,21,22). The molecule has 1 aliphatic heterocycles. The van der Waals surface area contributed by atoms with Gasteiger partial charge in [-0.05, 0) is 52.4 Å². The molecule has 26 heavy (non-hydrogen) atoms. The molecular formula is C19H34N4O2S. The maximum absolute atomic E-state index is 5.68. The number of aliphatic imine (C=N–C) groups is 1. The monoisotopic (exact) mass is 382 g/mol. The Kier molecular flexibility index (Phi) is 10.6. The lowest BCUT2D eigenvalue weighted by Gasteiger charge is -2.11. The van der Waals surface area contributed by atoms with Gasteiger partial charge in [0.25, 0.3) is 0 Å². The van der Waals surface area contributed by atoms with Crippen molar-refractivity contribution in [1.82, 2.24) is 15.6 Å². The fraction of sp³-hybridized carbons (Fsp3) is 0.789. The number of rotatable bonds is 12. The first-order valence-electron chi connectivity index (χ1n) is 9.90. The van der Waals surface area contributed by atoms with Crippen molar-refractivity contribution >= 4 is 17.3 Å². The molecule has 2 heterocycles. The van der Waals surface area contributed by atoms with Crippen molar-refractivity contribution in [2.24, 2.45) is 4.99 Å². The molecule has 0 bridgehead atoms. The zero-order chi connectivity index (χ0) is 18.5. The van der Waals surface area contributed by atoms with Crippen molar-refractivity contribution in [3.05, 3.63) is 16.1 Å². The number of nitrogens with one attached hydrogen (secondary N) is 2. The number of unbranched alkanes of at least 4 members (excludes halogenated alkanes) is 1. The number of guanidine groups is 1. The van der Waals surface area contributed by atoms with E-state index in [2.05, 4.69) is 32.9 Å². The summed E-state index contributed by atoms with van der Waals surface area (Å²) in [5.74, 6) is 0.900. The molecule has 0 spiro atoms. The van der Waals surface area contributed by atoms with Crippen LogP contribution in [0, 0.1) is 6.92 Å². The maximum atomic E-state index is 5.68. The molecule has 0 saturated carbocycles. The van der Waals surface area contributed by atoms with Crippen LogP contribution in [0.4, 0.5) is 0 Å². The van der Waals surface area contributed by atoms with Crippen molar-refractivity contribution in [2.75, 3.05) is 39.5 Å². The van der Waals surface area contributed by atoms with Gasteiger partial charge in [-0.2, -0.15) is 0 Å². The Morgan fingerprint density at radius 3 is 3.04 bits per heavy atom. The summed E-state index contributed by atoms with van der Waals surface area (Å²) >= 11 is 1.76. The summed E-state index contributed by atoms with van der Waals surface area (Å²) in [6.45, 7) is 9.09. The molecule has 0 aromatic carbocycles. The van der Waals surface area contributed by atoms with Crippen molar-refractivity contribution in [3.8, 4) is 0 Å². The predicted molar refractivity (Wildman–Crippen MR) is 108 cm³/mol. The third kappa shape index (κ3) is 8.96. The van der Waals surface area contributed by atoms with Gasteiger partial charge in [0, 0.05) is 43.9 Å². The van der Waals surface area contributed by atoms with Gasteiger partial charge in [0.1, 0.15) is 0 Å². The lowest BCUT2D eigenvalue weighted by Crippen LogP contribution is -2.38. The summed E-state index contributed by atoms with van der Waals surface area (Å²) < 4.78 is 11.2. The van der Waals surface area contributed by atoms with Crippen LogP contribution < -0.4 is 10.6 Å². The number of ether oxygens (including phenoxy) is 2. The first-order chi connectivity index (χ1) is 12.8. The molecule has 1 saturated heterocycles. The van der Waals surface area contributed by atoms with Gasteiger partial charge in [-0.25, -0.2) is 4.98 Å². The number of hydrogen-bond donors (Lipinski definition) is 2. The molecule has 7 heteroatoms. The second-order valence-corrected chi connectivity index (χ2v) is 7.53. The molecule has 1 unspecified atom stereocenters. The molecule has 0 amide bonds. The summed E-state index contributed by atoms with van der Waals surface area (Å²) in [5, 5.41) is 10.1. The molecule has 0 aliphatic carbocycles. The Balaban J connectivity index is 1.51. The van der Waals surface area contributed by atoms with Gasteiger partial charge < -0.3 is 20.1 Å². The summed E-state index contributed by atoms with van der Waals surface area (Å²) in [6.07, 6.45) is 6.88. The molecule has 0 radical (unpaired) electrons. The van der Waals surface area contributed by atoms with E-state index in [4.69, 9.17) is 9.47 Å². The molecule has 1 aliphatic rings. The first-order valence-corrected chi connectivity index (χ1v) is 10.8. The van der Waals surface area contributed by atoms with E-state index >= 15 is 0 Å². The smallest absolute Gasteiger partial charge is 0.191 e. The van der Waals surface area contributed by atoms with Crippen molar-refractivity contribution in [3.63, 3.8) is 0 Å². The van der Waals surface area contributed by atoms with Gasteiger partial charge in [-0.15, -0.1) is 11.3 Å². The molecule has 1 atom stereocenters. The SMILES string of the molecule is CCNC(=NCCCOCC1CCCO1)NCCCCc1nc(C)cs1. The van der Waals surface area contributed by atoms with E-state index < -0.39 is 0 Å². The highest BCUT2D eigenvalue weighted by Crippen LogP contribution is 2.12. The topological polar surface area (TPSA) is 67.8 Å². The molecule has 1 fully saturated rings. The van der Waals surface area contributed by atoms with Crippen LogP contribution in [0.25, 0.3) is 0 Å². The predicted octanol–water partition coefficient (Wildman–Crippen LogP) is 2.92. The molecule has 2 rings (SSSR count). The van der Waals surface area contributed by atoms with E-state index in [-0.39, 0.29) is 0 Å². The van der Waals surface area contributed by atoms with Crippen molar-refractivity contribution in [2.45, 2.75) is 58.5 Å². The van der Waals surface area contributed by atoms with E-state index in [0.29, 0.717) is 6.10 Å². The highest BCUT2D eigenvalue weighted by atomic mass is 32.1. The average molecular weight is 383 g/mol. The number of thiazole rings is 1. The van der Waals surface area contributed by atoms with Gasteiger partial charge in [-0.3, -0.25) is 4.99 Å². The number of hydrogen-bond acceptors (Lipinski definition) is 5. The molecule has 1 aromatic heterocycles. The fourth-order valence-corrected chi connectivity index (χ4v) is 3.63. The Morgan fingerprint density at radius 1 is 1.38 bits per heavy atom. The summed E-state index contributed by atoms with van der Waals surface area (Å²) in [4.78, 5) is 9.12. The molecule has 1 aromatic rings. The van der Waals surface area contributed by atoms with Crippen LogP contribution in [0.2, 0.25) is 0 Å². The third-order valence-electron chi connectivity index (χ3n) is 4.17. The Bertz CT molecular complexity index is 515. The van der Waals surface area contributed by atoms with E-state index in [9.17, 15) is 0 Å². The molecular weight excluding hydrogens is 348 g/mol. The largest absolute Gasteiger partial charge is 0.379 e. The highest BCUT2D eigenvalue weighted by Gasteiger charge is 2.14. The number of nitrogens with zero attached hydrogens (tertiary/aromatic N) is 2. The Hall–Kier alpha value is -1.18. The highest BCUT2D eigenvalue weighted by molar-refractivity contribution is 7.09. The van der Waals surface area contributed by atoms with Gasteiger partial charge >= 0.3 is 0 Å². The lowest BCUT2D eigenvalue weighted by molar-refractivity contribution is 0.0171. The zero-order valence-electron chi connectivity index (χ0n) is 16.3. The zero-order valence-corrected chi connectivity index (χ0v) is 17.1. The maximum Gasteiger partial charge on any atom is 0.191 e. The summed E-state index contributed by atoms with van der Waals surface area (Å²) in [6, 6.07) is 0. The minimum atomic E-state index is 0.311. The van der Waals surface area contributed by atoms with E-state index in [1.54, 1.807) is 11.3 Å². The molecule has 6 nitrogen and oxygen atoms in total. The van der Waals surface area contributed by atoms with Crippen LogP contribution in [-0.4, -0.2) is 56.5 Å². The van der Waals surface area contributed by atoms with Crippen molar-refractivity contribution < 1.29 is 9.47 Å². The summed E-state index contributed by atoms with van der Waals surface area (Å²) in [7, 11) is 0. The number of aromatic nitrogens is 1. The molecule has 2 N–H and O–H groups in total. The second-order valence-electron chi connectivity index (χ2n) is 6.59. The van der Waals surface area contributed by atoms with Crippen LogP contribution in [0.3, 0.4) is 0 Å². The quantitative estimate of drug-likeness (QED) is 0.330. The third-order valence-corrected chi connectivity index (χ3v) is 5.19. The second kappa shape index (κ2) is 13.1. The van der Waals surface area contributed by atoms with Gasteiger partial charge in [0.05, 0.1) is 17.7 Å². The molecule has 148 valence electrons. The van der Waals surface area contributed by atoms with Crippen LogP contribution in [0.1, 0.15) is 49.7 Å². The minimum absolute atomic E-state index is 0.311. The van der Waals surface area contributed by atoms with Crippen molar-refractivity contribution in [1.29, 1.82) is 0 Å². The number of aryl methyl sites for hydroxylation is 2. The average Bonchev–Trinajstić information content (AvgIpc) is 3.29. The van der Waals surface area contributed by atoms with E-state index in [1.807, 2.05) is 6.92 Å². The van der Waals surface area contributed by atoms with Crippen LogP contribution in [0.5, 0.6) is 0 Å². The van der Waals surface area contributed by atoms with Crippen LogP contribution in [0.15, 0.2) is 10.4 Å². The van der Waals surface area contributed by atoms with Gasteiger partial charge in [-0.1, -0.05) is 0 Å². The fourth-order valence-electron chi connectivity index (χ4n) is 2.82.